The minimum Gasteiger partial charge on any atom is -0.508 e. The highest BCUT2D eigenvalue weighted by Crippen LogP contribution is 2.27. The van der Waals surface area contributed by atoms with Gasteiger partial charge in [0.15, 0.2) is 0 Å². The lowest BCUT2D eigenvalue weighted by Crippen LogP contribution is -2.61. The first-order valence-electron chi connectivity index (χ1n) is 42.9. The average molecular weight is 1930 g/mol. The molecule has 5 rings (SSSR count). The Morgan fingerprint density at radius 2 is 0.822 bits per heavy atom. The van der Waals surface area contributed by atoms with Gasteiger partial charge < -0.3 is 141 Å². The summed E-state index contributed by atoms with van der Waals surface area (Å²) in [4.78, 5) is 325. The number of benzene rings is 2. The molecule has 3 heterocycles. The molecule has 135 heavy (non-hydrogen) atoms. The van der Waals surface area contributed by atoms with Crippen LogP contribution in [0.15, 0.2) is 54.6 Å². The van der Waals surface area contributed by atoms with E-state index in [-0.39, 0.29) is 88.1 Å². The second kappa shape index (κ2) is 54.1. The molecule has 17 atom stereocenters. The van der Waals surface area contributed by atoms with Gasteiger partial charge in [0, 0.05) is 45.8 Å². The number of carboxylic acid groups (broad SMARTS) is 5. The summed E-state index contributed by atoms with van der Waals surface area (Å²) in [6.07, 6.45) is -7.64. The van der Waals surface area contributed by atoms with Crippen LogP contribution in [0.25, 0.3) is 0 Å². The lowest BCUT2D eigenvalue weighted by Gasteiger charge is -2.33. The zero-order valence-electron chi connectivity index (χ0n) is 74.6. The summed E-state index contributed by atoms with van der Waals surface area (Å²) in [5.74, 6) is -30.2. The maximum absolute atomic E-state index is 14.7. The molecular formula is C83H117N19O32S. The lowest BCUT2D eigenvalue weighted by atomic mass is 10.0. The molecule has 51 nitrogen and oxygen atoms in total. The van der Waals surface area contributed by atoms with Crippen molar-refractivity contribution in [3.05, 3.63) is 65.7 Å². The van der Waals surface area contributed by atoms with Crippen LogP contribution in [0.5, 0.6) is 5.75 Å². The van der Waals surface area contributed by atoms with Crippen LogP contribution in [0.1, 0.15) is 142 Å². The number of likely N-dealkylation sites (tertiary alicyclic amines) is 3. The van der Waals surface area contributed by atoms with E-state index in [0.29, 0.717) is 12.0 Å². The summed E-state index contributed by atoms with van der Waals surface area (Å²) in [7, 11) is 0. The number of aliphatic hydroxyl groups excluding tert-OH is 2. The fourth-order valence-electron chi connectivity index (χ4n) is 14.8. The van der Waals surface area contributed by atoms with E-state index >= 15 is 0 Å². The summed E-state index contributed by atoms with van der Waals surface area (Å²) in [5.41, 5.74) is 11.6. The number of carbonyl (C=O) groups excluding carboxylic acids is 19. The Kier molecular flexibility index (Phi) is 44.6. The number of aromatic hydroxyl groups is 1. The Morgan fingerprint density at radius 1 is 0.422 bits per heavy atom. The van der Waals surface area contributed by atoms with Gasteiger partial charge in [0.05, 0.1) is 51.4 Å². The summed E-state index contributed by atoms with van der Waals surface area (Å²) < 4.78 is 0. The molecule has 3 saturated heterocycles. The average Bonchev–Trinajstić information content (AvgIpc) is 1.66. The van der Waals surface area contributed by atoms with Gasteiger partial charge in [-0.2, -0.15) is 11.8 Å². The SMILES string of the molecule is CSCC[C@H](NC(=O)CNC(=O)[C@@H](NC(=O)[C@H](Cc1ccccc1)NC(=O)[C@H](CC(N)=O)NC(=O)[C@H](CC(C)C)NC(=O)[C@H](CC(=O)O)NC(=O)[C@H](CC(=O)O)NC(C)=O)[C@@H](C)O)C(=O)N1CCC[C@H]1C(=O)N1CCC[C@H]1C(=O)N[C@@H](C)C(=O)N[C@@H](CC(=O)O)C(=O)N[C@@H](CCC(=O)O)C(=O)N[C@@H](CC(=O)O)C(=O)N[C@@H](Cc1ccc(O)cc1)C(=O)N[C@@H](CO)C(=O)N1CCC[C@H]1C(N)=O. The number of rotatable bonds is 55. The number of hydrogen-bond donors (Lipinski definition) is 24. The molecule has 2 aromatic rings. The van der Waals surface area contributed by atoms with Crippen molar-refractivity contribution in [1.29, 1.82) is 0 Å². The smallest absolute Gasteiger partial charge is 0.305 e. The third-order valence-corrected chi connectivity index (χ3v) is 22.1. The van der Waals surface area contributed by atoms with Crippen molar-refractivity contribution >= 4 is 154 Å². The maximum Gasteiger partial charge on any atom is 0.305 e. The van der Waals surface area contributed by atoms with Gasteiger partial charge in [-0.25, -0.2) is 0 Å². The number of phenols is 1. The summed E-state index contributed by atoms with van der Waals surface area (Å²) in [6, 6.07) is -14.9. The number of amides is 19. The molecule has 0 saturated carbocycles. The van der Waals surface area contributed by atoms with Gasteiger partial charge in [-0.1, -0.05) is 56.3 Å². The Hall–Kier alpha value is -14.2. The minimum atomic E-state index is -2.19. The number of nitrogens with zero attached hydrogens (tertiary/aromatic N) is 3. The van der Waals surface area contributed by atoms with E-state index in [2.05, 4.69) is 74.4 Å². The minimum absolute atomic E-state index is 0.00952. The van der Waals surface area contributed by atoms with Gasteiger partial charge in [0.1, 0.15) is 102 Å². The Labute approximate surface area is 775 Å². The number of carboxylic acids is 5. The highest BCUT2D eigenvalue weighted by molar-refractivity contribution is 7.98. The fraction of sp³-hybridized carbons (Fsp3) is 0.566. The van der Waals surface area contributed by atoms with Gasteiger partial charge >= 0.3 is 29.8 Å². The van der Waals surface area contributed by atoms with Crippen LogP contribution in [-0.4, -0.2) is 345 Å². The Bertz CT molecular complexity index is 4670. The predicted octanol–water partition coefficient (Wildman–Crippen LogP) is -9.09. The number of hydrogen-bond acceptors (Lipinski definition) is 28. The number of nitrogens with one attached hydrogen (secondary N) is 14. The fourth-order valence-corrected chi connectivity index (χ4v) is 15.3. The molecule has 742 valence electrons. The van der Waals surface area contributed by atoms with E-state index in [1.54, 1.807) is 38.3 Å². The number of thioether (sulfide) groups is 1. The highest BCUT2D eigenvalue weighted by Gasteiger charge is 2.46. The molecular weight excluding hydrogens is 1810 g/mol. The van der Waals surface area contributed by atoms with Gasteiger partial charge in [-0.3, -0.25) is 115 Å². The van der Waals surface area contributed by atoms with Crippen molar-refractivity contribution in [2.75, 3.05) is 44.8 Å². The van der Waals surface area contributed by atoms with Crippen molar-refractivity contribution in [3.8, 4) is 5.75 Å². The topological polar surface area (TPSA) is 802 Å². The molecule has 3 fully saturated rings. The monoisotopic (exact) mass is 1920 g/mol. The van der Waals surface area contributed by atoms with E-state index in [1.807, 2.05) is 0 Å². The third-order valence-electron chi connectivity index (χ3n) is 21.5. The number of aliphatic carboxylic acids is 5. The summed E-state index contributed by atoms with van der Waals surface area (Å²) >= 11 is 1.26. The van der Waals surface area contributed by atoms with E-state index in [0.717, 1.165) is 30.6 Å². The van der Waals surface area contributed by atoms with Gasteiger partial charge in [-0.15, -0.1) is 0 Å². The maximum atomic E-state index is 14.7. The summed E-state index contributed by atoms with van der Waals surface area (Å²) in [5, 5.41) is 111. The van der Waals surface area contributed by atoms with Gasteiger partial charge in [0.2, 0.25) is 112 Å². The molecule has 0 unspecified atom stereocenters. The van der Waals surface area contributed by atoms with E-state index in [9.17, 15) is 156 Å². The van der Waals surface area contributed by atoms with Crippen LogP contribution < -0.4 is 85.9 Å². The van der Waals surface area contributed by atoms with Crippen molar-refractivity contribution < 1.29 is 156 Å². The van der Waals surface area contributed by atoms with Crippen LogP contribution in [-0.2, 0) is 128 Å². The standard InChI is InChI=1S/C83H117N19O32S/c1-39(2)29-48(92-76(127)55(36-66(117)118)97-74(125)52(33-63(111)112)88-42(5)105)71(122)95-51(32-60(84)107)73(124)94-50(30-43-13-8-7-9-14-43)78(129)99-67(41(4)104)80(131)86-37-61(108)89-47(24-28-135-6)81(132)102-27-12-17-59(102)83(134)101-26-11-16-58(101)79(130)87-40(3)69(120)91-53(34-64(113)114)75(126)90-46(22-23-62(109)110)70(121)96-54(35-65(115)116)77(128)93-49(31-44-18-20-45(106)21-19-44)72(123)98-56(38-103)82(133)100-25-10-15-57(100)68(85)119/h7-9,13-14,18-21,39-41,46-59,67,103-104,106H,10-12,15-17,22-38H2,1-6H3,(H2,84,107)(H2,85,119)(H,86,131)(H,87,130)(H,88,105)(H,89,108)(H,90,126)(H,91,120)(H,92,127)(H,93,128)(H,94,124)(H,95,122)(H,96,121)(H,97,125)(H,98,123)(H,99,129)(H,109,110)(H,111,112)(H,113,114)(H,115,116)(H,117,118)/t40-,41+,46-,47-,48-,49-,50-,51-,52-,53-,54-,55-,56-,57-,58-,59-,67-/m0/s1. The number of phenolic OH excluding ortho intramolecular Hbond substituents is 1. The molecule has 19 amide bonds. The van der Waals surface area contributed by atoms with Gasteiger partial charge in [-0.05, 0) is 113 Å². The van der Waals surface area contributed by atoms with Crippen LogP contribution in [0.4, 0.5) is 0 Å². The summed E-state index contributed by atoms with van der Waals surface area (Å²) in [6.45, 7) is 4.27. The quantitative estimate of drug-likeness (QED) is 0.0292. The first-order chi connectivity index (χ1) is 63.5. The second-order valence-electron chi connectivity index (χ2n) is 32.7. The Balaban J connectivity index is 1.26. The molecule has 26 N–H and O–H groups in total. The Morgan fingerprint density at radius 3 is 1.28 bits per heavy atom. The molecule has 3 aliphatic heterocycles. The number of nitrogens with two attached hydrogens (primary N) is 2. The molecule has 0 aliphatic carbocycles. The molecule has 2 aromatic carbocycles. The zero-order chi connectivity index (χ0) is 101. The normalized spacial score (nSPS) is 17.5. The van der Waals surface area contributed by atoms with Crippen LogP contribution in [0, 0.1) is 5.92 Å². The van der Waals surface area contributed by atoms with E-state index < -0.39 is 315 Å². The third kappa shape index (κ3) is 36.4. The van der Waals surface area contributed by atoms with E-state index in [4.69, 9.17) is 11.5 Å². The largest absolute Gasteiger partial charge is 0.508 e. The predicted molar refractivity (Wildman–Crippen MR) is 466 cm³/mol. The number of carbonyl (C=O) groups is 24. The molecule has 0 spiro atoms. The van der Waals surface area contributed by atoms with Crippen molar-refractivity contribution in [2.24, 2.45) is 17.4 Å². The second-order valence-corrected chi connectivity index (χ2v) is 33.7. The van der Waals surface area contributed by atoms with Crippen LogP contribution >= 0.6 is 11.8 Å². The number of primary amides is 2. The molecule has 0 radical (unpaired) electrons. The number of aliphatic hydroxyl groups is 2. The zero-order valence-corrected chi connectivity index (χ0v) is 75.4. The van der Waals surface area contributed by atoms with Crippen LogP contribution in [0.3, 0.4) is 0 Å². The molecule has 0 bridgehead atoms. The van der Waals surface area contributed by atoms with Crippen molar-refractivity contribution in [3.63, 3.8) is 0 Å². The molecule has 0 aromatic heterocycles. The molecule has 3 aliphatic rings. The lowest BCUT2D eigenvalue weighted by molar-refractivity contribution is -0.148. The van der Waals surface area contributed by atoms with E-state index in [1.165, 1.54) is 53.1 Å². The van der Waals surface area contributed by atoms with Crippen molar-refractivity contribution in [2.45, 2.75) is 247 Å². The first kappa shape index (κ1) is 111. The highest BCUT2D eigenvalue weighted by atomic mass is 32.2. The molecule has 52 heteroatoms. The first-order valence-corrected chi connectivity index (χ1v) is 44.3. The van der Waals surface area contributed by atoms with Gasteiger partial charge in [0.25, 0.3) is 0 Å². The van der Waals surface area contributed by atoms with Crippen LogP contribution in [0.2, 0.25) is 0 Å². The van der Waals surface area contributed by atoms with Crippen molar-refractivity contribution in [1.82, 2.24) is 89.1 Å².